The Balaban J connectivity index is 2.08. The highest BCUT2D eigenvalue weighted by Gasteiger charge is 2.40. The zero-order chi connectivity index (χ0) is 20.4. The second-order valence-corrected chi connectivity index (χ2v) is 8.62. The topological polar surface area (TPSA) is 51.2 Å². The number of carbonyl (C=O) groups is 2. The Morgan fingerprint density at radius 2 is 1.50 bits per heavy atom. The molecule has 0 spiro atoms. The maximum Gasteiger partial charge on any atom is 0.461 e. The highest BCUT2D eigenvalue weighted by Crippen LogP contribution is 2.37. The van der Waals surface area contributed by atoms with Gasteiger partial charge in [-0.3, -0.25) is 4.79 Å². The standard InChI is InChI=1S/C21H13Cl3O3P/c1-12-6-5-9-15(22)17(12)21(26)28(27)20-16(23)11-10-14(18(20)24)19(25)13-7-3-2-4-8-13/h2-11H,1H3/q+1. The lowest BCUT2D eigenvalue weighted by Crippen LogP contribution is -2.13. The zero-order valence-corrected chi connectivity index (χ0v) is 17.7. The number of hydrogen-bond acceptors (Lipinski definition) is 3. The van der Waals surface area contributed by atoms with Crippen molar-refractivity contribution in [3.8, 4) is 0 Å². The first kappa shape index (κ1) is 20.7. The van der Waals surface area contributed by atoms with Crippen LogP contribution >= 0.6 is 42.6 Å². The number of carbonyl (C=O) groups excluding carboxylic acids is 2. The largest absolute Gasteiger partial charge is 0.461 e. The minimum absolute atomic E-state index is 0.0498. The third-order valence-electron chi connectivity index (χ3n) is 4.17. The van der Waals surface area contributed by atoms with Crippen molar-refractivity contribution in [2.75, 3.05) is 0 Å². The van der Waals surface area contributed by atoms with Crippen LogP contribution in [-0.4, -0.2) is 11.3 Å². The lowest BCUT2D eigenvalue weighted by Gasteiger charge is -2.06. The van der Waals surface area contributed by atoms with Gasteiger partial charge in [0.05, 0.1) is 15.6 Å². The van der Waals surface area contributed by atoms with Gasteiger partial charge in [-0.05, 0) is 30.7 Å². The van der Waals surface area contributed by atoms with Crippen LogP contribution in [0.2, 0.25) is 15.1 Å². The van der Waals surface area contributed by atoms with Gasteiger partial charge < -0.3 is 0 Å². The van der Waals surface area contributed by atoms with E-state index in [1.54, 1.807) is 55.5 Å². The van der Waals surface area contributed by atoms with Gasteiger partial charge in [-0.2, -0.15) is 0 Å². The average Bonchev–Trinajstić information content (AvgIpc) is 2.68. The Bertz CT molecular complexity index is 1090. The van der Waals surface area contributed by atoms with Crippen LogP contribution in [0.15, 0.2) is 60.7 Å². The summed E-state index contributed by atoms with van der Waals surface area (Å²) in [5, 5.41) is 0.0795. The van der Waals surface area contributed by atoms with E-state index in [4.69, 9.17) is 34.8 Å². The van der Waals surface area contributed by atoms with Gasteiger partial charge in [0.2, 0.25) is 5.30 Å². The van der Waals surface area contributed by atoms with Crippen molar-refractivity contribution in [3.63, 3.8) is 0 Å². The predicted molar refractivity (Wildman–Crippen MR) is 114 cm³/mol. The number of benzene rings is 3. The number of ketones is 1. The minimum atomic E-state index is -2.69. The highest BCUT2D eigenvalue weighted by molar-refractivity contribution is 7.72. The van der Waals surface area contributed by atoms with E-state index in [0.717, 1.165) is 0 Å². The molecule has 0 amide bonds. The molecule has 0 aromatic heterocycles. The lowest BCUT2D eigenvalue weighted by molar-refractivity contribution is 0.103. The number of halogens is 3. The Hall–Kier alpha value is -2.03. The number of aryl methyl sites for hydroxylation is 1. The van der Waals surface area contributed by atoms with Crippen LogP contribution in [0.25, 0.3) is 0 Å². The summed E-state index contributed by atoms with van der Waals surface area (Å²) in [7, 11) is -2.69. The summed E-state index contributed by atoms with van der Waals surface area (Å²) in [5.41, 5.74) is 0.591. The molecule has 0 bridgehead atoms. The first-order valence-corrected chi connectivity index (χ1v) is 10.6. The summed E-state index contributed by atoms with van der Waals surface area (Å²) in [4.78, 5) is 25.6. The summed E-state index contributed by atoms with van der Waals surface area (Å²) in [6.45, 7) is 1.70. The quantitative estimate of drug-likeness (QED) is 0.330. The Morgan fingerprint density at radius 1 is 0.821 bits per heavy atom. The van der Waals surface area contributed by atoms with Crippen molar-refractivity contribution in [2.24, 2.45) is 0 Å². The molecule has 28 heavy (non-hydrogen) atoms. The van der Waals surface area contributed by atoms with Crippen molar-refractivity contribution in [1.29, 1.82) is 0 Å². The Labute approximate surface area is 178 Å². The zero-order valence-electron chi connectivity index (χ0n) is 14.6. The summed E-state index contributed by atoms with van der Waals surface area (Å²) in [6.07, 6.45) is 0. The van der Waals surface area contributed by atoms with E-state index in [0.29, 0.717) is 11.1 Å². The molecule has 0 radical (unpaired) electrons. The first-order chi connectivity index (χ1) is 13.3. The third kappa shape index (κ3) is 3.90. The highest BCUT2D eigenvalue weighted by atomic mass is 35.5. The van der Waals surface area contributed by atoms with Gasteiger partial charge in [-0.1, -0.05) is 81.8 Å². The molecule has 0 saturated carbocycles. The molecule has 0 N–H and O–H groups in total. The van der Waals surface area contributed by atoms with Gasteiger partial charge in [-0.25, -0.2) is 4.79 Å². The fraction of sp³-hybridized carbons (Fsp3) is 0.0476. The van der Waals surface area contributed by atoms with E-state index in [-0.39, 0.29) is 37.3 Å². The fourth-order valence-electron chi connectivity index (χ4n) is 2.75. The molecule has 3 rings (SSSR count). The molecule has 0 aliphatic rings. The van der Waals surface area contributed by atoms with Crippen LogP contribution in [-0.2, 0) is 4.57 Å². The van der Waals surface area contributed by atoms with E-state index in [9.17, 15) is 14.2 Å². The van der Waals surface area contributed by atoms with Crippen LogP contribution in [0.4, 0.5) is 0 Å². The molecule has 3 nitrogen and oxygen atoms in total. The van der Waals surface area contributed by atoms with E-state index in [1.165, 1.54) is 12.1 Å². The maximum absolute atomic E-state index is 13.1. The SMILES string of the molecule is Cc1cccc(Cl)c1C(=O)[P+](=O)c1c(Cl)ccc(C(=O)c2ccccc2)c1Cl. The second kappa shape index (κ2) is 8.55. The van der Waals surface area contributed by atoms with Crippen molar-refractivity contribution in [1.82, 2.24) is 0 Å². The molecular formula is C21H13Cl3O3P+. The van der Waals surface area contributed by atoms with E-state index in [1.807, 2.05) is 0 Å². The van der Waals surface area contributed by atoms with Gasteiger partial charge in [-0.15, -0.1) is 0 Å². The van der Waals surface area contributed by atoms with Crippen molar-refractivity contribution in [3.05, 3.63) is 98.0 Å². The summed E-state index contributed by atoms with van der Waals surface area (Å²) < 4.78 is 13.1. The first-order valence-electron chi connectivity index (χ1n) is 8.17. The van der Waals surface area contributed by atoms with Gasteiger partial charge in [0, 0.05) is 11.1 Å². The van der Waals surface area contributed by atoms with Crippen LogP contribution in [0, 0.1) is 6.92 Å². The summed E-state index contributed by atoms with van der Waals surface area (Å²) in [6, 6.07) is 16.3. The van der Waals surface area contributed by atoms with Gasteiger partial charge in [0.1, 0.15) is 5.02 Å². The Morgan fingerprint density at radius 3 is 2.14 bits per heavy atom. The molecule has 3 aromatic carbocycles. The molecule has 1 atom stereocenters. The van der Waals surface area contributed by atoms with Crippen LogP contribution < -0.4 is 5.30 Å². The molecule has 0 aliphatic carbocycles. The predicted octanol–water partition coefficient (Wildman–Crippen LogP) is 6.48. The van der Waals surface area contributed by atoms with Crippen LogP contribution in [0.1, 0.15) is 31.8 Å². The van der Waals surface area contributed by atoms with E-state index < -0.39 is 13.3 Å². The van der Waals surface area contributed by atoms with E-state index in [2.05, 4.69) is 0 Å². The molecular weight excluding hydrogens is 438 g/mol. The van der Waals surface area contributed by atoms with Crippen molar-refractivity contribution in [2.45, 2.75) is 6.92 Å². The average molecular weight is 451 g/mol. The van der Waals surface area contributed by atoms with Gasteiger partial charge in [0.25, 0.3) is 0 Å². The maximum atomic E-state index is 13.1. The van der Waals surface area contributed by atoms with E-state index >= 15 is 0 Å². The number of rotatable bonds is 5. The molecule has 0 aliphatic heterocycles. The van der Waals surface area contributed by atoms with Gasteiger partial charge >= 0.3 is 13.3 Å². The summed E-state index contributed by atoms with van der Waals surface area (Å²) in [5.74, 6) is -0.353. The number of hydrogen-bond donors (Lipinski definition) is 0. The normalized spacial score (nSPS) is 11.2. The van der Waals surface area contributed by atoms with Gasteiger partial charge in [0.15, 0.2) is 5.78 Å². The molecule has 0 fully saturated rings. The molecule has 3 aromatic rings. The summed E-state index contributed by atoms with van der Waals surface area (Å²) >= 11 is 18.7. The van der Waals surface area contributed by atoms with Crippen LogP contribution in [0.5, 0.6) is 0 Å². The smallest absolute Gasteiger partial charge is 0.289 e. The molecule has 1 unspecified atom stereocenters. The molecule has 7 heteroatoms. The molecule has 0 saturated heterocycles. The third-order valence-corrected chi connectivity index (χ3v) is 6.92. The minimum Gasteiger partial charge on any atom is -0.289 e. The second-order valence-electron chi connectivity index (χ2n) is 5.98. The fourth-order valence-corrected chi connectivity index (χ4v) is 5.31. The Kier molecular flexibility index (Phi) is 6.32. The van der Waals surface area contributed by atoms with Crippen molar-refractivity contribution >= 4 is 59.2 Å². The molecule has 0 heterocycles. The monoisotopic (exact) mass is 449 g/mol. The van der Waals surface area contributed by atoms with Crippen molar-refractivity contribution < 1.29 is 14.2 Å². The van der Waals surface area contributed by atoms with Crippen LogP contribution in [0.3, 0.4) is 0 Å². The molecule has 140 valence electrons. The lowest BCUT2D eigenvalue weighted by atomic mass is 10.0.